The molecule has 2 aromatic rings. The first-order chi connectivity index (χ1) is 15.8. The molecular formula is C24H29N3O5S. The first-order valence-electron chi connectivity index (χ1n) is 11.1. The lowest BCUT2D eigenvalue weighted by Crippen LogP contribution is -2.38. The Morgan fingerprint density at radius 2 is 1.70 bits per heavy atom. The van der Waals surface area contributed by atoms with E-state index < -0.39 is 16.0 Å². The molecule has 2 heterocycles. The summed E-state index contributed by atoms with van der Waals surface area (Å²) in [6.07, 6.45) is 2.77. The van der Waals surface area contributed by atoms with Crippen molar-refractivity contribution in [3.8, 4) is 0 Å². The minimum absolute atomic E-state index is 0.0151. The maximum absolute atomic E-state index is 13.0. The van der Waals surface area contributed by atoms with Crippen molar-refractivity contribution >= 4 is 27.6 Å². The van der Waals surface area contributed by atoms with Gasteiger partial charge in [0, 0.05) is 40.3 Å². The predicted molar refractivity (Wildman–Crippen MR) is 125 cm³/mol. The number of amides is 1. The second kappa shape index (κ2) is 9.52. The summed E-state index contributed by atoms with van der Waals surface area (Å²) in [4.78, 5) is 29.5. The van der Waals surface area contributed by atoms with E-state index in [1.165, 1.54) is 31.8 Å². The second-order valence-corrected chi connectivity index (χ2v) is 10.7. The quantitative estimate of drug-likeness (QED) is 0.601. The highest BCUT2D eigenvalue weighted by atomic mass is 32.2. The van der Waals surface area contributed by atoms with Crippen LogP contribution in [0, 0.1) is 0 Å². The number of ether oxygens (including phenoxy) is 1. The standard InChI is InChI=1S/C24H29N3O5S/c1-25(2)33(30,31)20-9-10-22(26-12-5-6-13-26)21(15-20)24(29)32-17-23(28)27-14-11-18-7-3-4-8-19(18)16-27/h3-4,7-10,15H,5-6,11-14,16-17H2,1-2H3. The molecule has 0 bridgehead atoms. The van der Waals surface area contributed by atoms with Gasteiger partial charge < -0.3 is 14.5 Å². The zero-order valence-electron chi connectivity index (χ0n) is 19.0. The van der Waals surface area contributed by atoms with E-state index in [4.69, 9.17) is 4.74 Å². The SMILES string of the molecule is CN(C)S(=O)(=O)c1ccc(N2CCCC2)c(C(=O)OCC(=O)N2CCc3ccccc3C2)c1. The molecule has 0 aromatic heterocycles. The Labute approximate surface area is 194 Å². The summed E-state index contributed by atoms with van der Waals surface area (Å²) in [5.74, 6) is -0.962. The molecule has 0 unspecified atom stereocenters. The number of sulfonamides is 1. The number of hydrogen-bond acceptors (Lipinski definition) is 6. The van der Waals surface area contributed by atoms with Gasteiger partial charge in [0.25, 0.3) is 5.91 Å². The fourth-order valence-corrected chi connectivity index (χ4v) is 5.22. The van der Waals surface area contributed by atoms with Crippen LogP contribution in [0.5, 0.6) is 0 Å². The predicted octanol–water partition coefficient (Wildman–Crippen LogP) is 2.28. The maximum atomic E-state index is 13.0. The summed E-state index contributed by atoms with van der Waals surface area (Å²) < 4.78 is 31.7. The number of carbonyl (C=O) groups is 2. The number of nitrogens with zero attached hydrogens (tertiary/aromatic N) is 3. The molecule has 4 rings (SSSR count). The van der Waals surface area contributed by atoms with Crippen molar-refractivity contribution in [2.45, 2.75) is 30.7 Å². The smallest absolute Gasteiger partial charge is 0.340 e. The number of fused-ring (bicyclic) bond motifs is 1. The van der Waals surface area contributed by atoms with Crippen LogP contribution in [0.1, 0.15) is 34.3 Å². The third kappa shape index (κ3) is 4.89. The van der Waals surface area contributed by atoms with Gasteiger partial charge in [0.1, 0.15) is 0 Å². The molecule has 176 valence electrons. The van der Waals surface area contributed by atoms with Crippen LogP contribution in [0.4, 0.5) is 5.69 Å². The summed E-state index contributed by atoms with van der Waals surface area (Å²) >= 11 is 0. The average molecular weight is 472 g/mol. The van der Waals surface area contributed by atoms with Gasteiger partial charge in [0.15, 0.2) is 6.61 Å². The molecular weight excluding hydrogens is 442 g/mol. The van der Waals surface area contributed by atoms with E-state index in [2.05, 4.69) is 6.07 Å². The first-order valence-corrected chi connectivity index (χ1v) is 12.5. The summed E-state index contributed by atoms with van der Waals surface area (Å²) in [5, 5.41) is 0. The lowest BCUT2D eigenvalue weighted by molar-refractivity contribution is -0.135. The molecule has 1 fully saturated rings. The number of benzene rings is 2. The fourth-order valence-electron chi connectivity index (χ4n) is 4.29. The zero-order valence-corrected chi connectivity index (χ0v) is 19.8. The molecule has 0 radical (unpaired) electrons. The molecule has 2 aliphatic rings. The Kier molecular flexibility index (Phi) is 6.71. The minimum Gasteiger partial charge on any atom is -0.452 e. The van der Waals surface area contributed by atoms with E-state index >= 15 is 0 Å². The van der Waals surface area contributed by atoms with Gasteiger partial charge in [0.2, 0.25) is 10.0 Å². The number of esters is 1. The van der Waals surface area contributed by atoms with Crippen LogP contribution >= 0.6 is 0 Å². The second-order valence-electron chi connectivity index (χ2n) is 8.57. The van der Waals surface area contributed by atoms with Gasteiger partial charge in [-0.3, -0.25) is 4.79 Å². The third-order valence-corrected chi connectivity index (χ3v) is 8.03. The van der Waals surface area contributed by atoms with Gasteiger partial charge in [-0.05, 0) is 48.6 Å². The Hall–Kier alpha value is -2.91. The summed E-state index contributed by atoms with van der Waals surface area (Å²) in [6.45, 7) is 2.24. The van der Waals surface area contributed by atoms with Crippen LogP contribution in [0.25, 0.3) is 0 Å². The molecule has 1 amide bonds. The topological polar surface area (TPSA) is 87.2 Å². The normalized spacial score (nSPS) is 16.1. The monoisotopic (exact) mass is 471 g/mol. The van der Waals surface area contributed by atoms with Gasteiger partial charge in [0.05, 0.1) is 16.1 Å². The van der Waals surface area contributed by atoms with Gasteiger partial charge in [-0.25, -0.2) is 17.5 Å². The third-order valence-electron chi connectivity index (χ3n) is 6.22. The Morgan fingerprint density at radius 3 is 2.39 bits per heavy atom. The molecule has 8 nitrogen and oxygen atoms in total. The van der Waals surface area contributed by atoms with Crippen LogP contribution in [0.3, 0.4) is 0 Å². The Bertz CT molecular complexity index is 1160. The van der Waals surface area contributed by atoms with Gasteiger partial charge >= 0.3 is 5.97 Å². The molecule has 0 atom stereocenters. The van der Waals surface area contributed by atoms with Gasteiger partial charge in [-0.2, -0.15) is 0 Å². The van der Waals surface area contributed by atoms with Crippen molar-refractivity contribution in [1.29, 1.82) is 0 Å². The molecule has 0 saturated carbocycles. The van der Waals surface area contributed by atoms with E-state index in [1.54, 1.807) is 11.0 Å². The van der Waals surface area contributed by atoms with Crippen LogP contribution in [0.2, 0.25) is 0 Å². The molecule has 0 spiro atoms. The number of rotatable bonds is 6. The Morgan fingerprint density at radius 1 is 1.00 bits per heavy atom. The summed E-state index contributed by atoms with van der Waals surface area (Å²) in [7, 11) is -0.835. The first kappa shape index (κ1) is 23.3. The van der Waals surface area contributed by atoms with Crippen LogP contribution < -0.4 is 4.90 Å². The van der Waals surface area contributed by atoms with Crippen molar-refractivity contribution in [1.82, 2.24) is 9.21 Å². The van der Waals surface area contributed by atoms with Crippen LogP contribution in [0.15, 0.2) is 47.4 Å². The number of anilines is 1. The highest BCUT2D eigenvalue weighted by molar-refractivity contribution is 7.89. The lowest BCUT2D eigenvalue weighted by atomic mass is 10.00. The Balaban J connectivity index is 1.51. The van der Waals surface area contributed by atoms with Crippen LogP contribution in [-0.2, 0) is 32.5 Å². The summed E-state index contributed by atoms with van der Waals surface area (Å²) in [5.41, 5.74) is 3.13. The van der Waals surface area contributed by atoms with Crippen molar-refractivity contribution in [3.05, 3.63) is 59.2 Å². The average Bonchev–Trinajstić information content (AvgIpc) is 3.36. The largest absolute Gasteiger partial charge is 0.452 e. The maximum Gasteiger partial charge on any atom is 0.340 e. The number of carbonyl (C=O) groups excluding carboxylic acids is 2. The molecule has 0 aliphatic carbocycles. The molecule has 2 aromatic carbocycles. The van der Waals surface area contributed by atoms with Crippen molar-refractivity contribution < 1.29 is 22.7 Å². The lowest BCUT2D eigenvalue weighted by Gasteiger charge is -2.28. The highest BCUT2D eigenvalue weighted by Crippen LogP contribution is 2.29. The van der Waals surface area contributed by atoms with E-state index in [0.717, 1.165) is 42.2 Å². The number of hydrogen-bond donors (Lipinski definition) is 0. The zero-order chi connectivity index (χ0) is 23.6. The van der Waals surface area contributed by atoms with Gasteiger partial charge in [-0.1, -0.05) is 24.3 Å². The van der Waals surface area contributed by atoms with E-state index in [9.17, 15) is 18.0 Å². The minimum atomic E-state index is -3.72. The molecule has 1 saturated heterocycles. The van der Waals surface area contributed by atoms with Crippen molar-refractivity contribution in [3.63, 3.8) is 0 Å². The fraction of sp³-hybridized carbons (Fsp3) is 0.417. The van der Waals surface area contributed by atoms with Crippen molar-refractivity contribution in [2.24, 2.45) is 0 Å². The van der Waals surface area contributed by atoms with Gasteiger partial charge in [-0.15, -0.1) is 0 Å². The summed E-state index contributed by atoms with van der Waals surface area (Å²) in [6, 6.07) is 12.5. The molecule has 9 heteroatoms. The molecule has 33 heavy (non-hydrogen) atoms. The highest BCUT2D eigenvalue weighted by Gasteiger charge is 2.27. The molecule has 0 N–H and O–H groups in total. The van der Waals surface area contributed by atoms with Crippen LogP contribution in [-0.4, -0.2) is 69.8 Å². The van der Waals surface area contributed by atoms with E-state index in [-0.39, 0.29) is 23.0 Å². The molecule has 2 aliphatic heterocycles. The van der Waals surface area contributed by atoms with E-state index in [1.807, 2.05) is 23.1 Å². The van der Waals surface area contributed by atoms with E-state index in [0.29, 0.717) is 18.8 Å². The van der Waals surface area contributed by atoms with Crippen molar-refractivity contribution in [2.75, 3.05) is 45.2 Å².